The van der Waals surface area contributed by atoms with Crippen molar-refractivity contribution in [1.29, 1.82) is 0 Å². The van der Waals surface area contributed by atoms with Gasteiger partial charge in [-0.1, -0.05) is 85.7 Å². The number of rotatable bonds is 16. The Morgan fingerprint density at radius 2 is 1.51 bits per heavy atom. The summed E-state index contributed by atoms with van der Waals surface area (Å²) >= 11 is 1.84. The van der Waals surface area contributed by atoms with Crippen LogP contribution in [0.1, 0.15) is 79.2 Å². The molecule has 0 fully saturated rings. The van der Waals surface area contributed by atoms with Crippen LogP contribution in [0.4, 0.5) is 0 Å². The molecule has 4 heteroatoms. The third-order valence-electron chi connectivity index (χ3n) is 6.39. The van der Waals surface area contributed by atoms with Crippen molar-refractivity contribution >= 4 is 17.7 Å². The van der Waals surface area contributed by atoms with Gasteiger partial charge in [0.25, 0.3) is 0 Å². The molecule has 202 valence electrons. The van der Waals surface area contributed by atoms with Crippen molar-refractivity contribution in [1.82, 2.24) is 0 Å². The number of carbonyl (C=O) groups excluding carboxylic acids is 1. The molecule has 0 aliphatic heterocycles. The van der Waals surface area contributed by atoms with Crippen LogP contribution in [0.3, 0.4) is 0 Å². The van der Waals surface area contributed by atoms with Crippen molar-refractivity contribution in [2.24, 2.45) is 5.41 Å². The number of carbonyl (C=O) groups is 1. The van der Waals surface area contributed by atoms with E-state index in [9.17, 15) is 4.79 Å². The zero-order valence-electron chi connectivity index (χ0n) is 23.7. The lowest BCUT2D eigenvalue weighted by Gasteiger charge is -2.35. The van der Waals surface area contributed by atoms with Gasteiger partial charge in [0.05, 0.1) is 18.0 Å². The molecule has 1 unspecified atom stereocenters. The van der Waals surface area contributed by atoms with E-state index in [1.807, 2.05) is 36.0 Å². The number of hydrogen-bond acceptors (Lipinski definition) is 4. The van der Waals surface area contributed by atoms with Crippen LogP contribution >= 0.6 is 11.8 Å². The minimum Gasteiger partial charge on any atom is -0.464 e. The number of hydrogen-bond donors (Lipinski definition) is 0. The fourth-order valence-corrected chi connectivity index (χ4v) is 5.32. The fraction of sp³-hybridized carbons (Fsp3) is 0.485. The van der Waals surface area contributed by atoms with Crippen LogP contribution in [-0.2, 0) is 20.9 Å². The maximum Gasteiger partial charge on any atom is 0.302 e. The monoisotopic (exact) mass is 522 g/mol. The fourth-order valence-electron chi connectivity index (χ4n) is 4.04. The molecule has 0 N–H and O–H groups in total. The molecule has 37 heavy (non-hydrogen) atoms. The van der Waals surface area contributed by atoms with Gasteiger partial charge < -0.3 is 9.47 Å². The Morgan fingerprint density at radius 1 is 0.865 bits per heavy atom. The third kappa shape index (κ3) is 13.2. The average Bonchev–Trinajstić information content (AvgIpc) is 2.86. The molecule has 0 heterocycles. The van der Waals surface area contributed by atoms with Crippen LogP contribution < -0.4 is 0 Å². The highest BCUT2D eigenvalue weighted by Gasteiger charge is 2.34. The molecule has 0 aliphatic rings. The summed E-state index contributed by atoms with van der Waals surface area (Å²) in [5.41, 5.74) is 3.92. The smallest absolute Gasteiger partial charge is 0.302 e. The van der Waals surface area contributed by atoms with Crippen LogP contribution in [0.15, 0.2) is 88.9 Å². The van der Waals surface area contributed by atoms with Crippen LogP contribution in [0.25, 0.3) is 0 Å². The molecule has 0 saturated carbocycles. The van der Waals surface area contributed by atoms with Gasteiger partial charge in [0.15, 0.2) is 0 Å². The maximum absolute atomic E-state index is 11.9. The lowest BCUT2D eigenvalue weighted by Crippen LogP contribution is -2.34. The first-order chi connectivity index (χ1) is 17.6. The highest BCUT2D eigenvalue weighted by Crippen LogP contribution is 2.43. The van der Waals surface area contributed by atoms with Crippen LogP contribution in [0.5, 0.6) is 0 Å². The lowest BCUT2D eigenvalue weighted by molar-refractivity contribution is -0.141. The molecule has 0 aromatic heterocycles. The van der Waals surface area contributed by atoms with Gasteiger partial charge in [-0.3, -0.25) is 4.79 Å². The Kier molecular flexibility index (Phi) is 13.2. The van der Waals surface area contributed by atoms with E-state index in [0.717, 1.165) is 32.1 Å². The van der Waals surface area contributed by atoms with Crippen molar-refractivity contribution in [2.45, 2.75) is 89.9 Å². The van der Waals surface area contributed by atoms with E-state index in [4.69, 9.17) is 9.47 Å². The van der Waals surface area contributed by atoms with E-state index in [-0.39, 0.29) is 16.1 Å². The van der Waals surface area contributed by atoms with Crippen molar-refractivity contribution < 1.29 is 14.3 Å². The topological polar surface area (TPSA) is 35.5 Å². The molecule has 1 atom stereocenters. The zero-order valence-corrected chi connectivity index (χ0v) is 24.5. The lowest BCUT2D eigenvalue weighted by atomic mass is 9.84. The van der Waals surface area contributed by atoms with E-state index in [0.29, 0.717) is 19.8 Å². The molecular weight excluding hydrogens is 476 g/mol. The van der Waals surface area contributed by atoms with Gasteiger partial charge in [0, 0.05) is 11.8 Å². The normalized spacial score (nSPS) is 13.6. The number of allylic oxidation sites excluding steroid dienone is 4. The predicted molar refractivity (Wildman–Crippen MR) is 158 cm³/mol. The van der Waals surface area contributed by atoms with E-state index < -0.39 is 0 Å². The molecule has 2 rings (SSSR count). The quantitative estimate of drug-likeness (QED) is 0.125. The third-order valence-corrected chi connectivity index (χ3v) is 7.82. The first-order valence-corrected chi connectivity index (χ1v) is 14.2. The number of ether oxygens (including phenoxy) is 2. The van der Waals surface area contributed by atoms with E-state index >= 15 is 0 Å². The van der Waals surface area contributed by atoms with Gasteiger partial charge >= 0.3 is 5.97 Å². The first-order valence-electron chi connectivity index (χ1n) is 13.4. The second-order valence-electron chi connectivity index (χ2n) is 11.1. The van der Waals surface area contributed by atoms with Crippen LogP contribution in [0.2, 0.25) is 0 Å². The SMILES string of the molecule is CC(=O)OCC(C/C=C(\C)CCC=C(C)C)(CCC(C)(C)COCc1ccccc1)Sc1ccccc1. The number of benzene rings is 2. The van der Waals surface area contributed by atoms with Gasteiger partial charge in [-0.05, 0) is 76.0 Å². The molecule has 2 aromatic rings. The minimum absolute atomic E-state index is 0.00426. The molecule has 2 aromatic carbocycles. The molecule has 3 nitrogen and oxygen atoms in total. The Hall–Kier alpha value is -2.30. The molecule has 0 spiro atoms. The predicted octanol–water partition coefficient (Wildman–Crippen LogP) is 9.19. The second kappa shape index (κ2) is 15.8. The molecular formula is C33H46O3S. The summed E-state index contributed by atoms with van der Waals surface area (Å²) in [6.07, 6.45) is 9.48. The van der Waals surface area contributed by atoms with Gasteiger partial charge in [-0.25, -0.2) is 0 Å². The van der Waals surface area contributed by atoms with Crippen LogP contribution in [0, 0.1) is 5.41 Å². The first kappa shape index (κ1) is 30.9. The second-order valence-corrected chi connectivity index (χ2v) is 12.6. The Morgan fingerprint density at radius 3 is 2.14 bits per heavy atom. The minimum atomic E-state index is -0.249. The number of thioether (sulfide) groups is 1. The van der Waals surface area contributed by atoms with E-state index in [2.05, 4.69) is 83.2 Å². The highest BCUT2D eigenvalue weighted by molar-refractivity contribution is 8.00. The number of esters is 1. The summed E-state index contributed by atoms with van der Waals surface area (Å²) < 4.78 is 11.6. The molecule has 0 saturated heterocycles. The van der Waals surface area contributed by atoms with E-state index in [1.165, 1.54) is 28.5 Å². The largest absolute Gasteiger partial charge is 0.464 e. The van der Waals surface area contributed by atoms with Gasteiger partial charge in [0.1, 0.15) is 6.61 Å². The molecule has 0 radical (unpaired) electrons. The Labute approximate surface area is 229 Å². The summed E-state index contributed by atoms with van der Waals surface area (Å²) in [7, 11) is 0. The van der Waals surface area contributed by atoms with Crippen molar-refractivity contribution in [3.05, 3.63) is 89.5 Å². The van der Waals surface area contributed by atoms with Gasteiger partial charge in [-0.2, -0.15) is 0 Å². The van der Waals surface area contributed by atoms with Crippen molar-refractivity contribution in [2.75, 3.05) is 13.2 Å². The van der Waals surface area contributed by atoms with Crippen molar-refractivity contribution in [3.63, 3.8) is 0 Å². The Balaban J connectivity index is 2.17. The maximum atomic E-state index is 11.9. The van der Waals surface area contributed by atoms with Gasteiger partial charge in [0.2, 0.25) is 0 Å². The zero-order chi connectivity index (χ0) is 27.2. The van der Waals surface area contributed by atoms with E-state index in [1.54, 1.807) is 0 Å². The summed E-state index contributed by atoms with van der Waals surface area (Å²) in [5, 5.41) is 0. The average molecular weight is 523 g/mol. The summed E-state index contributed by atoms with van der Waals surface area (Å²) in [6.45, 7) is 14.2. The summed E-state index contributed by atoms with van der Waals surface area (Å²) in [6, 6.07) is 20.8. The highest BCUT2D eigenvalue weighted by atomic mass is 32.2. The summed E-state index contributed by atoms with van der Waals surface area (Å²) in [5.74, 6) is -0.229. The van der Waals surface area contributed by atoms with Crippen LogP contribution in [-0.4, -0.2) is 23.9 Å². The molecule has 0 bridgehead atoms. The van der Waals surface area contributed by atoms with Gasteiger partial charge in [-0.15, -0.1) is 11.8 Å². The standard InChI is InChI=1S/C33H46O3S/c1-27(2)14-13-15-28(3)20-21-33(26-36-29(4)34,37-31-18-11-8-12-19-31)23-22-32(5,6)25-35-24-30-16-9-7-10-17-30/h7-12,14,16-20H,13,15,21-26H2,1-6H3/b28-20+. The molecule has 0 aliphatic carbocycles. The molecule has 0 amide bonds. The Bertz CT molecular complexity index is 991. The van der Waals surface area contributed by atoms with Crippen molar-refractivity contribution in [3.8, 4) is 0 Å². The summed E-state index contributed by atoms with van der Waals surface area (Å²) in [4.78, 5) is 13.1.